The summed E-state index contributed by atoms with van der Waals surface area (Å²) in [6, 6.07) is -1.73. The molecule has 100 valence electrons. The van der Waals surface area contributed by atoms with Crippen LogP contribution < -0.4 is 10.6 Å². The molecule has 0 unspecified atom stereocenters. The van der Waals surface area contributed by atoms with Gasteiger partial charge in [0.25, 0.3) is 0 Å². The van der Waals surface area contributed by atoms with Crippen LogP contribution >= 0.6 is 0 Å². The van der Waals surface area contributed by atoms with Gasteiger partial charge in [0, 0.05) is 12.8 Å². The molecule has 4 N–H and O–H groups in total. The highest BCUT2D eigenvalue weighted by molar-refractivity contribution is 5.97. The number of carbonyl (C=O) groups excluding carboxylic acids is 2. The molecule has 0 radical (unpaired) electrons. The zero-order valence-electron chi connectivity index (χ0n) is 9.51. The number of piperazine rings is 1. The lowest BCUT2D eigenvalue weighted by Gasteiger charge is -2.29. The molecule has 1 fully saturated rings. The topological polar surface area (TPSA) is 133 Å². The van der Waals surface area contributed by atoms with Crippen LogP contribution in [0.15, 0.2) is 0 Å². The second kappa shape index (κ2) is 5.99. The number of aliphatic carboxylic acids is 2. The summed E-state index contributed by atoms with van der Waals surface area (Å²) < 4.78 is 0. The van der Waals surface area contributed by atoms with E-state index < -0.39 is 35.8 Å². The molecule has 8 nitrogen and oxygen atoms in total. The van der Waals surface area contributed by atoms with Crippen molar-refractivity contribution in [3.05, 3.63) is 0 Å². The summed E-state index contributed by atoms with van der Waals surface area (Å²) in [6.07, 6.45) is -0.423. The molecule has 1 aliphatic heterocycles. The standard InChI is InChI=1S/C10H14N2O6/c13-7(14)3-1-5-9(17)12-6(10(18)11-5)2-4-8(15)16/h5-6H,1-4H2,(H,11,18)(H,12,17)(H,13,14)(H,15,16)/t5-,6-/m0/s1. The quantitative estimate of drug-likeness (QED) is 0.468. The highest BCUT2D eigenvalue weighted by Gasteiger charge is 2.33. The summed E-state index contributed by atoms with van der Waals surface area (Å²) in [5, 5.41) is 21.7. The van der Waals surface area contributed by atoms with E-state index in [1.54, 1.807) is 0 Å². The lowest BCUT2D eigenvalue weighted by molar-refractivity contribution is -0.141. The lowest BCUT2D eigenvalue weighted by atomic mass is 10.0. The van der Waals surface area contributed by atoms with E-state index in [9.17, 15) is 19.2 Å². The zero-order valence-corrected chi connectivity index (χ0v) is 9.51. The maximum atomic E-state index is 11.5. The van der Waals surface area contributed by atoms with Gasteiger partial charge in [-0.05, 0) is 12.8 Å². The van der Waals surface area contributed by atoms with Crippen LogP contribution in [0.4, 0.5) is 0 Å². The van der Waals surface area contributed by atoms with E-state index in [4.69, 9.17) is 10.2 Å². The number of amides is 2. The van der Waals surface area contributed by atoms with E-state index in [2.05, 4.69) is 10.6 Å². The Balaban J connectivity index is 2.48. The van der Waals surface area contributed by atoms with Gasteiger partial charge in [0.2, 0.25) is 11.8 Å². The van der Waals surface area contributed by atoms with Gasteiger partial charge in [-0.1, -0.05) is 0 Å². The highest BCUT2D eigenvalue weighted by Crippen LogP contribution is 2.08. The predicted octanol–water partition coefficient (Wildman–Crippen LogP) is -1.30. The molecule has 0 aromatic carbocycles. The molecule has 8 heteroatoms. The molecule has 1 heterocycles. The Kier molecular flexibility index (Phi) is 4.64. The summed E-state index contributed by atoms with van der Waals surface area (Å²) in [5.41, 5.74) is 0. The van der Waals surface area contributed by atoms with Gasteiger partial charge in [0.05, 0.1) is 0 Å². The van der Waals surface area contributed by atoms with Crippen LogP contribution in [0, 0.1) is 0 Å². The van der Waals surface area contributed by atoms with Crippen molar-refractivity contribution < 1.29 is 29.4 Å². The Labute approximate surface area is 102 Å². The SMILES string of the molecule is O=C(O)CC[C@@H]1NC(=O)[C@H](CCC(=O)O)NC1=O. The van der Waals surface area contributed by atoms with Crippen LogP contribution in [0.5, 0.6) is 0 Å². The van der Waals surface area contributed by atoms with E-state index >= 15 is 0 Å². The molecular formula is C10H14N2O6. The van der Waals surface area contributed by atoms with Gasteiger partial charge in [-0.15, -0.1) is 0 Å². The Bertz CT molecular complexity index is 345. The third-order valence-corrected chi connectivity index (χ3v) is 2.56. The third kappa shape index (κ3) is 4.04. The van der Waals surface area contributed by atoms with Gasteiger partial charge < -0.3 is 20.8 Å². The van der Waals surface area contributed by atoms with E-state index in [0.717, 1.165) is 0 Å². The average molecular weight is 258 g/mol. The van der Waals surface area contributed by atoms with Crippen LogP contribution in [0.25, 0.3) is 0 Å². The molecule has 2 amide bonds. The number of carboxylic acid groups (broad SMARTS) is 2. The summed E-state index contributed by atoms with van der Waals surface area (Å²) in [6.45, 7) is 0. The molecule has 0 aromatic rings. The monoisotopic (exact) mass is 258 g/mol. The lowest BCUT2D eigenvalue weighted by Crippen LogP contribution is -2.61. The van der Waals surface area contributed by atoms with E-state index in [1.807, 2.05) is 0 Å². The van der Waals surface area contributed by atoms with Crippen molar-refractivity contribution in [1.29, 1.82) is 0 Å². The first-order valence-corrected chi connectivity index (χ1v) is 5.44. The maximum Gasteiger partial charge on any atom is 0.303 e. The summed E-state index contributed by atoms with van der Waals surface area (Å²) >= 11 is 0. The molecule has 1 saturated heterocycles. The minimum absolute atomic E-state index is 0.0125. The fourth-order valence-electron chi connectivity index (χ4n) is 1.62. The fourth-order valence-corrected chi connectivity index (χ4v) is 1.62. The third-order valence-electron chi connectivity index (χ3n) is 2.56. The van der Waals surface area contributed by atoms with E-state index in [1.165, 1.54) is 0 Å². The molecule has 0 saturated carbocycles. The van der Waals surface area contributed by atoms with Crippen molar-refractivity contribution in [1.82, 2.24) is 10.6 Å². The molecule has 0 bridgehead atoms. The van der Waals surface area contributed by atoms with Crippen LogP contribution in [-0.4, -0.2) is 46.0 Å². The minimum atomic E-state index is -1.05. The fraction of sp³-hybridized carbons (Fsp3) is 0.600. The first-order valence-electron chi connectivity index (χ1n) is 5.44. The molecule has 0 spiro atoms. The maximum absolute atomic E-state index is 11.5. The average Bonchev–Trinajstić information content (AvgIpc) is 2.27. The van der Waals surface area contributed by atoms with Gasteiger partial charge in [-0.25, -0.2) is 0 Å². The zero-order chi connectivity index (χ0) is 13.7. The van der Waals surface area contributed by atoms with Crippen molar-refractivity contribution in [3.63, 3.8) is 0 Å². The minimum Gasteiger partial charge on any atom is -0.481 e. The second-order valence-corrected chi connectivity index (χ2v) is 3.99. The van der Waals surface area contributed by atoms with Gasteiger partial charge in [-0.3, -0.25) is 19.2 Å². The van der Waals surface area contributed by atoms with Crippen molar-refractivity contribution in [3.8, 4) is 0 Å². The van der Waals surface area contributed by atoms with Gasteiger partial charge in [0.1, 0.15) is 12.1 Å². The normalized spacial score (nSPS) is 23.1. The molecular weight excluding hydrogens is 244 g/mol. The number of rotatable bonds is 6. The van der Waals surface area contributed by atoms with Crippen LogP contribution in [-0.2, 0) is 19.2 Å². The number of hydrogen-bond donors (Lipinski definition) is 4. The molecule has 2 atom stereocenters. The summed E-state index contributed by atoms with van der Waals surface area (Å²) in [4.78, 5) is 43.8. The number of hydrogen-bond acceptors (Lipinski definition) is 4. The summed E-state index contributed by atoms with van der Waals surface area (Å²) in [5.74, 6) is -3.06. The van der Waals surface area contributed by atoms with Gasteiger partial charge >= 0.3 is 11.9 Å². The largest absolute Gasteiger partial charge is 0.481 e. The Hall–Kier alpha value is -2.12. The Morgan fingerprint density at radius 1 is 0.889 bits per heavy atom. The van der Waals surface area contributed by atoms with Gasteiger partial charge in [-0.2, -0.15) is 0 Å². The number of carboxylic acids is 2. The summed E-state index contributed by atoms with van der Waals surface area (Å²) in [7, 11) is 0. The van der Waals surface area contributed by atoms with Crippen molar-refractivity contribution in [2.75, 3.05) is 0 Å². The van der Waals surface area contributed by atoms with Crippen LogP contribution in [0.3, 0.4) is 0 Å². The van der Waals surface area contributed by atoms with Crippen LogP contribution in [0.1, 0.15) is 25.7 Å². The molecule has 0 aliphatic carbocycles. The van der Waals surface area contributed by atoms with Crippen molar-refractivity contribution in [2.24, 2.45) is 0 Å². The molecule has 0 aromatic heterocycles. The molecule has 18 heavy (non-hydrogen) atoms. The molecule has 1 aliphatic rings. The second-order valence-electron chi connectivity index (χ2n) is 3.99. The first-order chi connectivity index (χ1) is 8.40. The Morgan fingerprint density at radius 3 is 1.50 bits per heavy atom. The van der Waals surface area contributed by atoms with Crippen LogP contribution in [0.2, 0.25) is 0 Å². The van der Waals surface area contributed by atoms with Crippen molar-refractivity contribution >= 4 is 23.8 Å². The molecule has 1 rings (SSSR count). The smallest absolute Gasteiger partial charge is 0.303 e. The van der Waals surface area contributed by atoms with E-state index in [-0.39, 0.29) is 25.7 Å². The van der Waals surface area contributed by atoms with E-state index in [0.29, 0.717) is 0 Å². The Morgan fingerprint density at radius 2 is 1.22 bits per heavy atom. The highest BCUT2D eigenvalue weighted by atomic mass is 16.4. The van der Waals surface area contributed by atoms with Crippen molar-refractivity contribution in [2.45, 2.75) is 37.8 Å². The van der Waals surface area contributed by atoms with Gasteiger partial charge in [0.15, 0.2) is 0 Å². The number of nitrogens with one attached hydrogen (secondary N) is 2. The predicted molar refractivity (Wildman–Crippen MR) is 57.6 cm³/mol. The first kappa shape index (κ1) is 13.9. The number of carbonyl (C=O) groups is 4.